The molecular formula is C13H17NO3. The van der Waals surface area contributed by atoms with E-state index in [4.69, 9.17) is 10.8 Å². The molecule has 0 aliphatic heterocycles. The molecule has 2 atom stereocenters. The van der Waals surface area contributed by atoms with Crippen LogP contribution in [0.15, 0.2) is 30.3 Å². The van der Waals surface area contributed by atoms with Crippen LogP contribution in [0.1, 0.15) is 30.1 Å². The fourth-order valence-corrected chi connectivity index (χ4v) is 1.55. The van der Waals surface area contributed by atoms with Crippen molar-refractivity contribution in [3.05, 3.63) is 35.9 Å². The lowest BCUT2D eigenvalue weighted by molar-refractivity contribution is -0.139. The lowest BCUT2D eigenvalue weighted by Crippen LogP contribution is -2.36. The van der Waals surface area contributed by atoms with Crippen molar-refractivity contribution in [2.45, 2.75) is 25.8 Å². The van der Waals surface area contributed by atoms with Gasteiger partial charge in [0.25, 0.3) is 0 Å². The van der Waals surface area contributed by atoms with Gasteiger partial charge in [-0.15, -0.1) is 0 Å². The predicted molar refractivity (Wildman–Crippen MR) is 64.8 cm³/mol. The van der Waals surface area contributed by atoms with Gasteiger partial charge < -0.3 is 10.8 Å². The molecular weight excluding hydrogens is 218 g/mol. The average Bonchev–Trinajstić information content (AvgIpc) is 2.35. The van der Waals surface area contributed by atoms with Crippen molar-refractivity contribution in [2.24, 2.45) is 11.7 Å². The molecule has 3 N–H and O–H groups in total. The Morgan fingerprint density at radius 1 is 1.29 bits per heavy atom. The van der Waals surface area contributed by atoms with Gasteiger partial charge in [0.05, 0.1) is 0 Å². The quantitative estimate of drug-likeness (QED) is 0.735. The van der Waals surface area contributed by atoms with Gasteiger partial charge in [-0.05, 0) is 12.3 Å². The second-order valence-electron chi connectivity index (χ2n) is 4.17. The van der Waals surface area contributed by atoms with Gasteiger partial charge in [-0.25, -0.2) is 0 Å². The number of rotatable bonds is 6. The number of ketones is 1. The van der Waals surface area contributed by atoms with E-state index in [0.29, 0.717) is 18.4 Å². The zero-order valence-corrected chi connectivity index (χ0v) is 9.80. The topological polar surface area (TPSA) is 80.4 Å². The van der Waals surface area contributed by atoms with Gasteiger partial charge in [-0.2, -0.15) is 0 Å². The van der Waals surface area contributed by atoms with Crippen LogP contribution in [-0.2, 0) is 4.79 Å². The number of aliphatic carboxylic acids is 1. The van der Waals surface area contributed by atoms with Crippen molar-refractivity contribution in [3.8, 4) is 0 Å². The fraction of sp³-hybridized carbons (Fsp3) is 0.385. The number of carbonyl (C=O) groups excluding carboxylic acids is 1. The van der Waals surface area contributed by atoms with Crippen LogP contribution < -0.4 is 5.73 Å². The number of nitrogens with two attached hydrogens (primary N) is 1. The Bertz CT molecular complexity index is 389. The Balaban J connectivity index is 2.46. The Kier molecular flexibility index (Phi) is 4.84. The van der Waals surface area contributed by atoms with Crippen LogP contribution in [0.25, 0.3) is 0 Å². The number of hydrogen-bond acceptors (Lipinski definition) is 3. The molecule has 92 valence electrons. The Morgan fingerprint density at radius 3 is 2.41 bits per heavy atom. The Morgan fingerprint density at radius 2 is 1.88 bits per heavy atom. The molecule has 0 aromatic heterocycles. The van der Waals surface area contributed by atoms with Crippen molar-refractivity contribution in [1.82, 2.24) is 0 Å². The number of carboxylic acids is 1. The highest BCUT2D eigenvalue weighted by molar-refractivity contribution is 5.96. The lowest BCUT2D eigenvalue weighted by Gasteiger charge is -2.14. The highest BCUT2D eigenvalue weighted by atomic mass is 16.4. The van der Waals surface area contributed by atoms with E-state index in [0.717, 1.165) is 0 Å². The van der Waals surface area contributed by atoms with E-state index in [1.165, 1.54) is 0 Å². The number of hydrogen-bond donors (Lipinski definition) is 2. The SMILES string of the molecule is C[C@@H](CCC(=O)c1ccccc1)[C@H](N)C(=O)O. The van der Waals surface area contributed by atoms with Crippen LogP contribution in [0, 0.1) is 5.92 Å². The minimum absolute atomic E-state index is 0.0232. The molecule has 4 heteroatoms. The molecule has 1 rings (SSSR count). The third-order valence-corrected chi connectivity index (χ3v) is 2.82. The highest BCUT2D eigenvalue weighted by Gasteiger charge is 2.20. The zero-order valence-electron chi connectivity index (χ0n) is 9.80. The molecule has 17 heavy (non-hydrogen) atoms. The second kappa shape index (κ2) is 6.15. The lowest BCUT2D eigenvalue weighted by atomic mass is 9.94. The summed E-state index contributed by atoms with van der Waals surface area (Å²) in [7, 11) is 0. The maximum atomic E-state index is 11.8. The molecule has 0 unspecified atom stereocenters. The number of Topliss-reactive ketones (excluding diaryl/α,β-unsaturated/α-hetero) is 1. The Labute approximate surface area is 100 Å². The summed E-state index contributed by atoms with van der Waals surface area (Å²) in [6.45, 7) is 1.75. The van der Waals surface area contributed by atoms with Gasteiger partial charge in [-0.1, -0.05) is 37.3 Å². The van der Waals surface area contributed by atoms with Gasteiger partial charge >= 0.3 is 5.97 Å². The van der Waals surface area contributed by atoms with Crippen LogP contribution in [0.4, 0.5) is 0 Å². The minimum atomic E-state index is -1.02. The van der Waals surface area contributed by atoms with E-state index >= 15 is 0 Å². The van der Waals surface area contributed by atoms with E-state index in [2.05, 4.69) is 0 Å². The predicted octanol–water partition coefficient (Wildman–Crippen LogP) is 1.70. The van der Waals surface area contributed by atoms with E-state index in [1.54, 1.807) is 31.2 Å². The summed E-state index contributed by atoms with van der Waals surface area (Å²) in [4.78, 5) is 22.4. The Hall–Kier alpha value is -1.68. The molecule has 0 saturated heterocycles. The van der Waals surface area contributed by atoms with Crippen LogP contribution in [-0.4, -0.2) is 22.9 Å². The van der Waals surface area contributed by atoms with Gasteiger partial charge in [-0.3, -0.25) is 9.59 Å². The number of benzene rings is 1. The molecule has 4 nitrogen and oxygen atoms in total. The van der Waals surface area contributed by atoms with E-state index in [-0.39, 0.29) is 11.7 Å². The van der Waals surface area contributed by atoms with Crippen LogP contribution in [0.5, 0.6) is 0 Å². The minimum Gasteiger partial charge on any atom is -0.480 e. The van der Waals surface area contributed by atoms with Crippen LogP contribution in [0.3, 0.4) is 0 Å². The van der Waals surface area contributed by atoms with Gasteiger partial charge in [0.2, 0.25) is 0 Å². The first kappa shape index (κ1) is 13.4. The summed E-state index contributed by atoms with van der Waals surface area (Å²) in [6, 6.07) is 8.06. The van der Waals surface area contributed by atoms with Crippen LogP contribution >= 0.6 is 0 Å². The number of carbonyl (C=O) groups is 2. The largest absolute Gasteiger partial charge is 0.480 e. The molecule has 0 saturated carbocycles. The maximum absolute atomic E-state index is 11.8. The highest BCUT2D eigenvalue weighted by Crippen LogP contribution is 2.13. The average molecular weight is 235 g/mol. The summed E-state index contributed by atoms with van der Waals surface area (Å²) in [5.41, 5.74) is 6.13. The molecule has 0 aliphatic carbocycles. The summed E-state index contributed by atoms with van der Waals surface area (Å²) < 4.78 is 0. The molecule has 0 fully saturated rings. The van der Waals surface area contributed by atoms with Crippen LogP contribution in [0.2, 0.25) is 0 Å². The van der Waals surface area contributed by atoms with Gasteiger partial charge in [0.15, 0.2) is 5.78 Å². The third-order valence-electron chi connectivity index (χ3n) is 2.82. The molecule has 0 radical (unpaired) electrons. The van der Waals surface area contributed by atoms with E-state index in [1.807, 2.05) is 6.07 Å². The standard InChI is InChI=1S/C13H17NO3/c1-9(12(14)13(16)17)7-8-11(15)10-5-3-2-4-6-10/h2-6,9,12H,7-8,14H2,1H3,(H,16,17)/t9-,12-/m0/s1. The maximum Gasteiger partial charge on any atom is 0.320 e. The monoisotopic (exact) mass is 235 g/mol. The summed E-state index contributed by atoms with van der Waals surface area (Å²) >= 11 is 0. The first-order valence-corrected chi connectivity index (χ1v) is 5.59. The normalized spacial score (nSPS) is 14.0. The first-order valence-electron chi connectivity index (χ1n) is 5.59. The van der Waals surface area contributed by atoms with Gasteiger partial charge in [0.1, 0.15) is 6.04 Å². The van der Waals surface area contributed by atoms with Gasteiger partial charge in [0, 0.05) is 12.0 Å². The summed E-state index contributed by atoms with van der Waals surface area (Å²) in [6.07, 6.45) is 0.813. The first-order chi connectivity index (χ1) is 8.02. The third kappa shape index (κ3) is 4.00. The number of carboxylic acid groups (broad SMARTS) is 1. The van der Waals surface area contributed by atoms with E-state index < -0.39 is 12.0 Å². The fourth-order valence-electron chi connectivity index (χ4n) is 1.55. The zero-order chi connectivity index (χ0) is 12.8. The van der Waals surface area contributed by atoms with Crippen molar-refractivity contribution in [3.63, 3.8) is 0 Å². The summed E-state index contributed by atoms with van der Waals surface area (Å²) in [5, 5.41) is 8.72. The molecule has 0 heterocycles. The molecule has 1 aromatic rings. The molecule has 1 aromatic carbocycles. The molecule has 0 aliphatic rings. The molecule has 0 spiro atoms. The van der Waals surface area contributed by atoms with Crippen molar-refractivity contribution < 1.29 is 14.7 Å². The van der Waals surface area contributed by atoms with Crippen molar-refractivity contribution >= 4 is 11.8 Å². The van der Waals surface area contributed by atoms with Crippen molar-refractivity contribution in [2.75, 3.05) is 0 Å². The second-order valence-corrected chi connectivity index (χ2v) is 4.17. The molecule has 0 amide bonds. The summed E-state index contributed by atoms with van der Waals surface area (Å²) in [5.74, 6) is -1.21. The smallest absolute Gasteiger partial charge is 0.320 e. The molecule has 0 bridgehead atoms. The van der Waals surface area contributed by atoms with Crippen molar-refractivity contribution in [1.29, 1.82) is 0 Å². The van der Waals surface area contributed by atoms with E-state index in [9.17, 15) is 9.59 Å².